The highest BCUT2D eigenvalue weighted by Gasteiger charge is 2.18. The van der Waals surface area contributed by atoms with Gasteiger partial charge in [-0.15, -0.1) is 11.3 Å². The zero-order chi connectivity index (χ0) is 14.1. The van der Waals surface area contributed by atoms with Crippen molar-refractivity contribution >= 4 is 27.6 Å². The van der Waals surface area contributed by atoms with Crippen molar-refractivity contribution in [2.75, 3.05) is 6.61 Å². The Hall–Kier alpha value is -1.73. The van der Waals surface area contributed by atoms with Gasteiger partial charge in [0, 0.05) is 0 Å². The minimum absolute atomic E-state index is 0.281. The second-order valence-corrected chi connectivity index (χ2v) is 6.25. The molecule has 1 heterocycles. The summed E-state index contributed by atoms with van der Waals surface area (Å²) in [6, 6.07) is 8.34. The van der Waals surface area contributed by atoms with E-state index in [1.165, 1.54) is 11.7 Å². The van der Waals surface area contributed by atoms with Crippen LogP contribution < -0.4 is 0 Å². The molecule has 19 heavy (non-hydrogen) atoms. The zero-order valence-corrected chi connectivity index (χ0v) is 11.9. The zero-order valence-electron chi connectivity index (χ0n) is 10.2. The first-order valence-electron chi connectivity index (χ1n) is 5.36. The van der Waals surface area contributed by atoms with Gasteiger partial charge < -0.3 is 4.74 Å². The molecule has 0 aliphatic rings. The largest absolute Gasteiger partial charge is 0.468 e. The Morgan fingerprint density at radius 1 is 1.32 bits per heavy atom. The minimum Gasteiger partial charge on any atom is -0.468 e. The van der Waals surface area contributed by atoms with Gasteiger partial charge in [0.2, 0.25) is 9.84 Å². The lowest BCUT2D eigenvalue weighted by molar-refractivity contribution is -0.128. The van der Waals surface area contributed by atoms with E-state index in [0.29, 0.717) is 18.0 Å². The van der Waals surface area contributed by atoms with E-state index in [1.54, 1.807) is 37.3 Å². The van der Waals surface area contributed by atoms with Gasteiger partial charge >= 0.3 is 0 Å². The first-order chi connectivity index (χ1) is 9.12. The molecule has 0 unspecified atom stereocenters. The molecule has 0 spiro atoms. The fraction of sp³-hybridized carbons (Fsp3) is 0.167. The summed E-state index contributed by atoms with van der Waals surface area (Å²) < 4.78 is 28.2. The third kappa shape index (κ3) is 4.46. The molecule has 0 saturated heterocycles. The first kappa shape index (κ1) is 15.3. The molecule has 0 aliphatic carbocycles. The van der Waals surface area contributed by atoms with Crippen molar-refractivity contribution in [1.82, 2.24) is 4.98 Å². The van der Waals surface area contributed by atoms with E-state index < -0.39 is 9.84 Å². The standard InChI is InChI=1S/C9H7NO2S2.C3H6O2/c11-14(12,9-6-10-7-13-9)8-4-2-1-3-5-8;1-2-5-3-4/h1-7H;3H,2H2,1H3. The van der Waals surface area contributed by atoms with E-state index in [1.807, 2.05) is 0 Å². The second-order valence-electron chi connectivity index (χ2n) is 3.19. The van der Waals surface area contributed by atoms with Crippen molar-refractivity contribution < 1.29 is 17.9 Å². The molecule has 1 aromatic heterocycles. The van der Waals surface area contributed by atoms with Crippen molar-refractivity contribution in [3.8, 4) is 0 Å². The number of benzene rings is 1. The van der Waals surface area contributed by atoms with Crippen LogP contribution in [0, 0.1) is 0 Å². The summed E-state index contributed by atoms with van der Waals surface area (Å²) in [4.78, 5) is 13.2. The van der Waals surface area contributed by atoms with Gasteiger partial charge in [-0.2, -0.15) is 0 Å². The molecule has 0 amide bonds. The number of hydrogen-bond donors (Lipinski definition) is 0. The molecule has 0 bridgehead atoms. The van der Waals surface area contributed by atoms with Crippen LogP contribution in [0.5, 0.6) is 0 Å². The summed E-state index contributed by atoms with van der Waals surface area (Å²) in [6.07, 6.45) is 1.37. The van der Waals surface area contributed by atoms with E-state index in [9.17, 15) is 13.2 Å². The maximum atomic E-state index is 11.9. The normalized spacial score (nSPS) is 10.2. The molecule has 0 atom stereocenters. The Balaban J connectivity index is 0.000000312. The van der Waals surface area contributed by atoms with Gasteiger partial charge in [0.05, 0.1) is 23.2 Å². The molecule has 0 fully saturated rings. The fourth-order valence-electron chi connectivity index (χ4n) is 1.12. The number of thiazole rings is 1. The number of aromatic nitrogens is 1. The lowest BCUT2D eigenvalue weighted by atomic mass is 10.4. The van der Waals surface area contributed by atoms with Crippen molar-refractivity contribution in [3.05, 3.63) is 42.0 Å². The smallest absolute Gasteiger partial charge is 0.293 e. The van der Waals surface area contributed by atoms with E-state index in [-0.39, 0.29) is 4.21 Å². The number of ether oxygens (including phenoxy) is 1. The highest BCUT2D eigenvalue weighted by molar-refractivity contribution is 7.93. The van der Waals surface area contributed by atoms with Gasteiger partial charge in [0.1, 0.15) is 4.21 Å². The number of carbonyl (C=O) groups excluding carboxylic acids is 1. The summed E-state index contributed by atoms with van der Waals surface area (Å²) in [7, 11) is -3.34. The Labute approximate surface area is 115 Å². The van der Waals surface area contributed by atoms with Crippen LogP contribution >= 0.6 is 11.3 Å². The molecule has 0 radical (unpaired) electrons. The van der Waals surface area contributed by atoms with Crippen LogP contribution in [-0.4, -0.2) is 26.5 Å². The lowest BCUT2D eigenvalue weighted by Crippen LogP contribution is -1.98. The predicted octanol–water partition coefficient (Wildman–Crippen LogP) is 2.16. The van der Waals surface area contributed by atoms with Crippen LogP contribution in [0.2, 0.25) is 0 Å². The highest BCUT2D eigenvalue weighted by atomic mass is 32.2. The third-order valence-electron chi connectivity index (χ3n) is 1.96. The summed E-state index contributed by atoms with van der Waals surface area (Å²) in [5.74, 6) is 0. The minimum atomic E-state index is -3.34. The maximum Gasteiger partial charge on any atom is 0.293 e. The molecule has 102 valence electrons. The summed E-state index contributed by atoms with van der Waals surface area (Å²) in [5, 5.41) is 0. The Kier molecular flexibility index (Phi) is 6.17. The first-order valence-corrected chi connectivity index (χ1v) is 7.73. The van der Waals surface area contributed by atoms with Crippen LogP contribution in [0.1, 0.15) is 6.92 Å². The van der Waals surface area contributed by atoms with E-state index in [4.69, 9.17) is 0 Å². The summed E-state index contributed by atoms with van der Waals surface area (Å²) >= 11 is 1.13. The molecule has 1 aromatic carbocycles. The van der Waals surface area contributed by atoms with Crippen LogP contribution in [0.3, 0.4) is 0 Å². The lowest BCUT2D eigenvalue weighted by Gasteiger charge is -1.99. The number of sulfone groups is 1. The molecular formula is C12H13NO4S2. The van der Waals surface area contributed by atoms with Crippen molar-refractivity contribution in [2.24, 2.45) is 0 Å². The number of rotatable bonds is 4. The van der Waals surface area contributed by atoms with E-state index in [0.717, 1.165) is 11.3 Å². The molecule has 0 saturated carbocycles. The Morgan fingerprint density at radius 3 is 2.42 bits per heavy atom. The van der Waals surface area contributed by atoms with E-state index >= 15 is 0 Å². The predicted molar refractivity (Wildman–Crippen MR) is 71.7 cm³/mol. The summed E-state index contributed by atoms with van der Waals surface area (Å²) in [5.41, 5.74) is 1.51. The van der Waals surface area contributed by atoms with Crippen molar-refractivity contribution in [3.63, 3.8) is 0 Å². The maximum absolute atomic E-state index is 11.9. The molecule has 2 aromatic rings. The molecule has 0 N–H and O–H groups in total. The number of hydrogen-bond acceptors (Lipinski definition) is 6. The van der Waals surface area contributed by atoms with Crippen LogP contribution in [0.25, 0.3) is 0 Å². The van der Waals surface area contributed by atoms with Gasteiger partial charge in [-0.25, -0.2) is 8.42 Å². The molecule has 7 heteroatoms. The summed E-state index contributed by atoms with van der Waals surface area (Å²) in [6.45, 7) is 2.66. The van der Waals surface area contributed by atoms with E-state index in [2.05, 4.69) is 9.72 Å². The van der Waals surface area contributed by atoms with Gasteiger partial charge in [-0.05, 0) is 19.1 Å². The van der Waals surface area contributed by atoms with Gasteiger partial charge in [-0.1, -0.05) is 18.2 Å². The van der Waals surface area contributed by atoms with Crippen molar-refractivity contribution in [1.29, 1.82) is 0 Å². The third-order valence-corrected chi connectivity index (χ3v) is 5.00. The average molecular weight is 299 g/mol. The number of nitrogens with zero attached hydrogens (tertiary/aromatic N) is 1. The topological polar surface area (TPSA) is 73.3 Å². The molecular weight excluding hydrogens is 286 g/mol. The SMILES string of the molecule is CCOC=O.O=S(=O)(c1ccccc1)c1cncs1. The van der Waals surface area contributed by atoms with Gasteiger partial charge in [0.25, 0.3) is 6.47 Å². The quantitative estimate of drug-likeness (QED) is 0.809. The van der Waals surface area contributed by atoms with Gasteiger partial charge in [-0.3, -0.25) is 9.78 Å². The fourth-order valence-corrected chi connectivity index (χ4v) is 3.34. The van der Waals surface area contributed by atoms with Crippen molar-refractivity contribution in [2.45, 2.75) is 16.0 Å². The van der Waals surface area contributed by atoms with Crippen LogP contribution in [-0.2, 0) is 19.4 Å². The molecule has 5 nitrogen and oxygen atoms in total. The Morgan fingerprint density at radius 2 is 2.00 bits per heavy atom. The molecule has 2 rings (SSSR count). The molecule has 0 aliphatic heterocycles. The van der Waals surface area contributed by atoms with Crippen LogP contribution in [0.15, 0.2) is 51.1 Å². The Bertz CT molecular complexity index is 579. The second kappa shape index (κ2) is 7.65. The average Bonchev–Trinajstić information content (AvgIpc) is 2.96. The highest BCUT2D eigenvalue weighted by Crippen LogP contribution is 2.22. The van der Waals surface area contributed by atoms with Gasteiger partial charge in [0.15, 0.2) is 0 Å². The monoisotopic (exact) mass is 299 g/mol. The van der Waals surface area contributed by atoms with Crippen LogP contribution in [0.4, 0.5) is 0 Å². The number of carbonyl (C=O) groups is 1.